The van der Waals surface area contributed by atoms with Crippen LogP contribution in [-0.2, 0) is 11.3 Å². The van der Waals surface area contributed by atoms with Gasteiger partial charge in [0.15, 0.2) is 0 Å². The SMILES string of the molecule is Cc1ccc(-c2nc(CNC(=O)C3CCNC3)[nH]c2-c2ccccn2)cc1.Cl. The number of aryl methyl sites for hydroxylation is 1. The standard InChI is InChI=1S/C21H23N5O.ClH/c1-14-5-7-15(8-6-14)19-20(17-4-2-3-10-23-17)26-18(25-19)13-24-21(27)16-9-11-22-12-16;/h2-8,10,16,22H,9,11-13H2,1H3,(H,24,27)(H,25,26);1H. The largest absolute Gasteiger partial charge is 0.349 e. The van der Waals surface area contributed by atoms with Crippen LogP contribution in [0, 0.1) is 12.8 Å². The molecule has 1 fully saturated rings. The molecule has 146 valence electrons. The van der Waals surface area contributed by atoms with Gasteiger partial charge in [0, 0.05) is 18.3 Å². The first-order valence-corrected chi connectivity index (χ1v) is 9.26. The van der Waals surface area contributed by atoms with Crippen LogP contribution in [0.25, 0.3) is 22.6 Å². The van der Waals surface area contributed by atoms with E-state index < -0.39 is 0 Å². The Labute approximate surface area is 170 Å². The molecule has 0 aliphatic carbocycles. The molecule has 1 aliphatic rings. The van der Waals surface area contributed by atoms with Crippen LogP contribution in [0.4, 0.5) is 0 Å². The molecule has 0 radical (unpaired) electrons. The number of hydrogen-bond donors (Lipinski definition) is 3. The number of pyridine rings is 1. The van der Waals surface area contributed by atoms with Gasteiger partial charge in [0.25, 0.3) is 0 Å². The highest BCUT2D eigenvalue weighted by molar-refractivity contribution is 5.85. The van der Waals surface area contributed by atoms with Crippen LogP contribution in [-0.4, -0.2) is 33.9 Å². The third-order valence-corrected chi connectivity index (χ3v) is 4.86. The molecule has 28 heavy (non-hydrogen) atoms. The summed E-state index contributed by atoms with van der Waals surface area (Å²) in [6.45, 7) is 4.09. The molecule has 0 saturated carbocycles. The topological polar surface area (TPSA) is 82.7 Å². The molecule has 7 heteroatoms. The number of H-pyrrole nitrogens is 1. The van der Waals surface area contributed by atoms with Crippen molar-refractivity contribution in [3.63, 3.8) is 0 Å². The summed E-state index contributed by atoms with van der Waals surface area (Å²) in [6, 6.07) is 14.1. The second-order valence-corrected chi connectivity index (χ2v) is 6.90. The minimum Gasteiger partial charge on any atom is -0.349 e. The van der Waals surface area contributed by atoms with Crippen molar-refractivity contribution in [1.29, 1.82) is 0 Å². The van der Waals surface area contributed by atoms with Crippen LogP contribution in [0.3, 0.4) is 0 Å². The van der Waals surface area contributed by atoms with Gasteiger partial charge in [-0.2, -0.15) is 0 Å². The molecule has 3 heterocycles. The number of halogens is 1. The van der Waals surface area contributed by atoms with Crippen molar-refractivity contribution in [3.8, 4) is 22.6 Å². The summed E-state index contributed by atoms with van der Waals surface area (Å²) in [4.78, 5) is 24.9. The maximum Gasteiger partial charge on any atom is 0.224 e. The number of amides is 1. The monoisotopic (exact) mass is 397 g/mol. The van der Waals surface area contributed by atoms with Gasteiger partial charge in [-0.15, -0.1) is 12.4 Å². The van der Waals surface area contributed by atoms with Crippen LogP contribution < -0.4 is 10.6 Å². The Morgan fingerprint density at radius 3 is 2.71 bits per heavy atom. The molecule has 1 saturated heterocycles. The maximum absolute atomic E-state index is 12.3. The summed E-state index contributed by atoms with van der Waals surface area (Å²) < 4.78 is 0. The first kappa shape index (κ1) is 20.0. The molecule has 0 spiro atoms. The van der Waals surface area contributed by atoms with Gasteiger partial charge in [0.1, 0.15) is 5.82 Å². The average Bonchev–Trinajstić information content (AvgIpc) is 3.38. The minimum atomic E-state index is 0. The van der Waals surface area contributed by atoms with Gasteiger partial charge < -0.3 is 15.6 Å². The average molecular weight is 398 g/mol. The smallest absolute Gasteiger partial charge is 0.224 e. The first-order chi connectivity index (χ1) is 13.2. The number of carbonyl (C=O) groups excluding carboxylic acids is 1. The number of aromatic amines is 1. The van der Waals surface area contributed by atoms with Crippen LogP contribution in [0.15, 0.2) is 48.7 Å². The van der Waals surface area contributed by atoms with Gasteiger partial charge in [-0.3, -0.25) is 9.78 Å². The molecule has 6 nitrogen and oxygen atoms in total. The van der Waals surface area contributed by atoms with Crippen LogP contribution in [0.1, 0.15) is 17.8 Å². The van der Waals surface area contributed by atoms with Crippen LogP contribution >= 0.6 is 12.4 Å². The fourth-order valence-corrected chi connectivity index (χ4v) is 3.32. The highest BCUT2D eigenvalue weighted by atomic mass is 35.5. The van der Waals surface area contributed by atoms with E-state index in [0.29, 0.717) is 6.54 Å². The zero-order valence-electron chi connectivity index (χ0n) is 15.7. The zero-order chi connectivity index (χ0) is 18.6. The molecule has 4 rings (SSSR count). The first-order valence-electron chi connectivity index (χ1n) is 9.26. The lowest BCUT2D eigenvalue weighted by atomic mass is 10.1. The van der Waals surface area contributed by atoms with Crippen molar-refractivity contribution in [1.82, 2.24) is 25.6 Å². The molecule has 1 atom stereocenters. The number of benzene rings is 1. The quantitative estimate of drug-likeness (QED) is 0.617. The Hall–Kier alpha value is -2.70. The molecule has 1 unspecified atom stereocenters. The Morgan fingerprint density at radius 1 is 1.21 bits per heavy atom. The lowest BCUT2D eigenvalue weighted by Crippen LogP contribution is -2.31. The molecule has 3 aromatic rings. The van der Waals surface area contributed by atoms with Crippen molar-refractivity contribution in [3.05, 3.63) is 60.0 Å². The van der Waals surface area contributed by atoms with E-state index in [-0.39, 0.29) is 24.2 Å². The molecular weight excluding hydrogens is 374 g/mol. The van der Waals surface area contributed by atoms with Crippen molar-refractivity contribution >= 4 is 18.3 Å². The number of aromatic nitrogens is 3. The number of nitrogens with one attached hydrogen (secondary N) is 3. The number of nitrogens with zero attached hydrogens (tertiary/aromatic N) is 2. The molecule has 2 aromatic heterocycles. The van der Waals surface area contributed by atoms with Crippen molar-refractivity contribution < 1.29 is 4.79 Å². The van der Waals surface area contributed by atoms with E-state index in [4.69, 9.17) is 4.98 Å². The molecule has 3 N–H and O–H groups in total. The minimum absolute atomic E-state index is 0. The zero-order valence-corrected chi connectivity index (χ0v) is 16.6. The highest BCUT2D eigenvalue weighted by Crippen LogP contribution is 2.29. The number of rotatable bonds is 5. The van der Waals surface area contributed by atoms with Gasteiger partial charge in [0.05, 0.1) is 29.5 Å². The summed E-state index contributed by atoms with van der Waals surface area (Å²) in [6.07, 6.45) is 2.65. The van der Waals surface area contributed by atoms with E-state index in [1.807, 2.05) is 18.2 Å². The van der Waals surface area contributed by atoms with E-state index in [0.717, 1.165) is 48.0 Å². The molecular formula is C21H24ClN5O. The normalized spacial score (nSPS) is 15.8. The van der Waals surface area contributed by atoms with Crippen LogP contribution in [0.5, 0.6) is 0 Å². The van der Waals surface area contributed by atoms with E-state index in [1.54, 1.807) is 6.20 Å². The van der Waals surface area contributed by atoms with Gasteiger partial charge >= 0.3 is 0 Å². The third kappa shape index (κ3) is 4.40. The lowest BCUT2D eigenvalue weighted by Gasteiger charge is -2.08. The van der Waals surface area contributed by atoms with Crippen LogP contribution in [0.2, 0.25) is 0 Å². The van der Waals surface area contributed by atoms with Crippen molar-refractivity contribution in [2.45, 2.75) is 19.9 Å². The van der Waals surface area contributed by atoms with E-state index >= 15 is 0 Å². The Morgan fingerprint density at radius 2 is 2.04 bits per heavy atom. The van der Waals surface area contributed by atoms with Gasteiger partial charge in [-0.05, 0) is 32.0 Å². The van der Waals surface area contributed by atoms with E-state index in [1.165, 1.54) is 5.56 Å². The Balaban J connectivity index is 0.00000225. The Bertz CT molecular complexity index is 918. The number of carbonyl (C=O) groups is 1. The second-order valence-electron chi connectivity index (χ2n) is 6.90. The molecule has 0 bridgehead atoms. The summed E-state index contributed by atoms with van der Waals surface area (Å²) in [5.41, 5.74) is 4.77. The molecule has 1 amide bonds. The fraction of sp³-hybridized carbons (Fsp3) is 0.286. The Kier molecular flexibility index (Phi) is 6.44. The summed E-state index contributed by atoms with van der Waals surface area (Å²) in [5.74, 6) is 0.852. The lowest BCUT2D eigenvalue weighted by molar-refractivity contribution is -0.124. The predicted octanol–water partition coefficient (Wildman–Crippen LogP) is 3.09. The van der Waals surface area contributed by atoms with E-state index in [2.05, 4.69) is 51.8 Å². The summed E-state index contributed by atoms with van der Waals surface area (Å²) in [7, 11) is 0. The number of hydrogen-bond acceptors (Lipinski definition) is 4. The fourth-order valence-electron chi connectivity index (χ4n) is 3.32. The second kappa shape index (κ2) is 8.99. The highest BCUT2D eigenvalue weighted by Gasteiger charge is 2.22. The predicted molar refractivity (Wildman–Crippen MR) is 112 cm³/mol. The number of imidazole rings is 1. The van der Waals surface area contributed by atoms with Gasteiger partial charge in [0.2, 0.25) is 5.91 Å². The molecule has 1 aliphatic heterocycles. The summed E-state index contributed by atoms with van der Waals surface area (Å²) >= 11 is 0. The third-order valence-electron chi connectivity index (χ3n) is 4.86. The summed E-state index contributed by atoms with van der Waals surface area (Å²) in [5, 5.41) is 6.22. The van der Waals surface area contributed by atoms with Crippen molar-refractivity contribution in [2.24, 2.45) is 5.92 Å². The van der Waals surface area contributed by atoms with Gasteiger partial charge in [-0.1, -0.05) is 35.9 Å². The molecule has 1 aromatic carbocycles. The van der Waals surface area contributed by atoms with Gasteiger partial charge in [-0.25, -0.2) is 4.98 Å². The maximum atomic E-state index is 12.3. The van der Waals surface area contributed by atoms with Crippen molar-refractivity contribution in [2.75, 3.05) is 13.1 Å². The van der Waals surface area contributed by atoms with E-state index in [9.17, 15) is 4.79 Å².